The fourth-order valence-corrected chi connectivity index (χ4v) is 6.45. The number of allylic oxidation sites excluding steroid dienone is 1. The van der Waals surface area contributed by atoms with Gasteiger partial charge in [0.15, 0.2) is 0 Å². The molecule has 2 aliphatic carbocycles. The number of H-pyrrole nitrogens is 1. The highest BCUT2D eigenvalue weighted by atomic mass is 15.1. The molecule has 3 heterocycles. The third-order valence-electron chi connectivity index (χ3n) is 7.81. The summed E-state index contributed by atoms with van der Waals surface area (Å²) < 4.78 is 5.12. The molecule has 0 bridgehead atoms. The molecule has 3 nitrogen and oxygen atoms in total. The number of nitrogens with zero attached hydrogens (tertiary/aromatic N) is 2. The highest BCUT2D eigenvalue weighted by molar-refractivity contribution is 6.10. The van der Waals surface area contributed by atoms with E-state index in [1.807, 2.05) is 0 Å². The molecule has 0 unspecified atom stereocenters. The van der Waals surface area contributed by atoms with Crippen LogP contribution in [-0.4, -0.2) is 14.1 Å². The molecular weight excluding hydrogens is 426 g/mol. The van der Waals surface area contributed by atoms with E-state index in [9.17, 15) is 0 Å². The van der Waals surface area contributed by atoms with Gasteiger partial charge in [-0.05, 0) is 56.0 Å². The van der Waals surface area contributed by atoms with Gasteiger partial charge in [0.05, 0.1) is 11.0 Å². The van der Waals surface area contributed by atoms with Gasteiger partial charge in [-0.2, -0.15) is 0 Å². The summed E-state index contributed by atoms with van der Waals surface area (Å²) in [4.78, 5) is 3.76. The molecule has 3 heteroatoms. The fraction of sp³-hybridized carbons (Fsp3) is 0.125. The molecule has 3 aromatic carbocycles. The number of aryl methyl sites for hydroxylation is 1. The zero-order valence-corrected chi connectivity index (χ0v) is 19.5. The topological polar surface area (TPSA) is 25.6 Å². The lowest BCUT2D eigenvalue weighted by Gasteiger charge is -2.20. The summed E-state index contributed by atoms with van der Waals surface area (Å²) >= 11 is 0. The van der Waals surface area contributed by atoms with Crippen LogP contribution in [0.2, 0.25) is 0 Å². The van der Waals surface area contributed by atoms with Gasteiger partial charge in [0.25, 0.3) is 0 Å². The van der Waals surface area contributed by atoms with E-state index in [4.69, 9.17) is 0 Å². The second-order valence-electron chi connectivity index (χ2n) is 9.69. The van der Waals surface area contributed by atoms with Gasteiger partial charge in [-0.25, -0.2) is 0 Å². The maximum atomic E-state index is 3.76. The summed E-state index contributed by atoms with van der Waals surface area (Å²) in [5.74, 6) is 0. The molecule has 6 aromatic rings. The van der Waals surface area contributed by atoms with E-state index in [-0.39, 0.29) is 0 Å². The standard InChI is InChI=1S/C32H25N3/c1-3-11-21(12-4-1)34-27-18-10-8-16-24(27)31-32(34)30-28(35(31)22-13-5-2-6-14-22)20-19-26-29(30)23-15-7-9-17-25(23)33-26/h1-9,11-17,33H,10,18-20H2. The van der Waals surface area contributed by atoms with Crippen LogP contribution in [-0.2, 0) is 19.3 Å². The molecule has 8 rings (SSSR count). The molecule has 3 aromatic heterocycles. The first-order valence-corrected chi connectivity index (χ1v) is 12.6. The third kappa shape index (κ3) is 2.55. The van der Waals surface area contributed by atoms with Crippen molar-refractivity contribution in [3.63, 3.8) is 0 Å². The second kappa shape index (κ2) is 7.13. The van der Waals surface area contributed by atoms with Crippen molar-refractivity contribution in [3.8, 4) is 22.5 Å². The van der Waals surface area contributed by atoms with Crippen molar-refractivity contribution in [2.75, 3.05) is 0 Å². The van der Waals surface area contributed by atoms with Crippen molar-refractivity contribution in [2.24, 2.45) is 0 Å². The fourth-order valence-electron chi connectivity index (χ4n) is 6.45. The summed E-state index contributed by atoms with van der Waals surface area (Å²) in [5.41, 5.74) is 14.8. The zero-order chi connectivity index (χ0) is 22.9. The van der Waals surface area contributed by atoms with Crippen molar-refractivity contribution in [1.29, 1.82) is 0 Å². The average molecular weight is 452 g/mol. The van der Waals surface area contributed by atoms with Gasteiger partial charge in [-0.1, -0.05) is 66.7 Å². The number of benzene rings is 3. The van der Waals surface area contributed by atoms with Crippen molar-refractivity contribution in [1.82, 2.24) is 14.1 Å². The van der Waals surface area contributed by atoms with Crippen LogP contribution in [0.1, 0.15) is 29.1 Å². The number of hydrogen-bond acceptors (Lipinski definition) is 0. The number of hydrogen-bond donors (Lipinski definition) is 1. The number of para-hydroxylation sites is 3. The number of aromatic nitrogens is 3. The van der Waals surface area contributed by atoms with Gasteiger partial charge in [0.2, 0.25) is 0 Å². The number of aromatic amines is 1. The normalized spacial score (nSPS) is 14.3. The van der Waals surface area contributed by atoms with Crippen molar-refractivity contribution < 1.29 is 0 Å². The van der Waals surface area contributed by atoms with E-state index in [1.54, 1.807) is 0 Å². The smallest absolute Gasteiger partial charge is 0.0804 e. The third-order valence-corrected chi connectivity index (χ3v) is 7.81. The van der Waals surface area contributed by atoms with E-state index in [2.05, 4.69) is 111 Å². The molecule has 0 amide bonds. The first-order valence-electron chi connectivity index (χ1n) is 12.6. The molecular formula is C32H25N3. The predicted molar refractivity (Wildman–Crippen MR) is 145 cm³/mol. The molecule has 168 valence electrons. The van der Waals surface area contributed by atoms with E-state index < -0.39 is 0 Å². The minimum absolute atomic E-state index is 1.02. The zero-order valence-electron chi connectivity index (χ0n) is 19.5. The average Bonchev–Trinajstić information content (AvgIpc) is 3.56. The van der Waals surface area contributed by atoms with Gasteiger partial charge in [-0.3, -0.25) is 0 Å². The molecule has 0 aliphatic heterocycles. The van der Waals surface area contributed by atoms with Gasteiger partial charge in [-0.15, -0.1) is 0 Å². The van der Waals surface area contributed by atoms with Crippen LogP contribution in [0.25, 0.3) is 50.5 Å². The Kier molecular flexibility index (Phi) is 3.89. The summed E-state index contributed by atoms with van der Waals surface area (Å²) in [6.07, 6.45) is 8.89. The van der Waals surface area contributed by atoms with E-state index in [1.165, 1.54) is 67.1 Å². The minimum Gasteiger partial charge on any atom is -0.358 e. The Morgan fingerprint density at radius 3 is 2.06 bits per heavy atom. The summed E-state index contributed by atoms with van der Waals surface area (Å²) in [6, 6.07) is 30.6. The van der Waals surface area contributed by atoms with Crippen LogP contribution in [0.15, 0.2) is 91.0 Å². The summed E-state index contributed by atoms with van der Waals surface area (Å²) in [7, 11) is 0. The quantitative estimate of drug-likeness (QED) is 0.280. The number of nitrogens with one attached hydrogen (secondary N) is 1. The first-order chi connectivity index (χ1) is 17.4. The Balaban J connectivity index is 1.61. The highest BCUT2D eigenvalue weighted by Gasteiger charge is 2.33. The molecule has 0 fully saturated rings. The van der Waals surface area contributed by atoms with Gasteiger partial charge >= 0.3 is 0 Å². The maximum absolute atomic E-state index is 3.76. The Bertz CT molecular complexity index is 1780. The van der Waals surface area contributed by atoms with Crippen molar-refractivity contribution in [2.45, 2.75) is 25.7 Å². The van der Waals surface area contributed by atoms with Crippen LogP contribution in [0.3, 0.4) is 0 Å². The Morgan fingerprint density at radius 2 is 1.29 bits per heavy atom. The molecule has 0 saturated heterocycles. The molecule has 0 radical (unpaired) electrons. The Hall–Kier alpha value is -4.24. The highest BCUT2D eigenvalue weighted by Crippen LogP contribution is 2.49. The Morgan fingerprint density at radius 1 is 0.600 bits per heavy atom. The van der Waals surface area contributed by atoms with E-state index in [0.717, 1.165) is 25.7 Å². The van der Waals surface area contributed by atoms with E-state index in [0.29, 0.717) is 0 Å². The molecule has 0 saturated carbocycles. The lowest BCUT2D eigenvalue weighted by atomic mass is 9.92. The lowest BCUT2D eigenvalue weighted by molar-refractivity contribution is 0.844. The van der Waals surface area contributed by atoms with Crippen LogP contribution in [0, 0.1) is 0 Å². The minimum atomic E-state index is 1.02. The van der Waals surface area contributed by atoms with Crippen molar-refractivity contribution in [3.05, 3.63) is 114 Å². The Labute approximate surface area is 204 Å². The predicted octanol–water partition coefficient (Wildman–Crippen LogP) is 7.63. The summed E-state index contributed by atoms with van der Waals surface area (Å²) in [5, 5.41) is 1.32. The second-order valence-corrected chi connectivity index (χ2v) is 9.69. The monoisotopic (exact) mass is 451 g/mol. The largest absolute Gasteiger partial charge is 0.358 e. The summed E-state index contributed by atoms with van der Waals surface area (Å²) in [6.45, 7) is 0. The molecule has 35 heavy (non-hydrogen) atoms. The van der Waals surface area contributed by atoms with Crippen LogP contribution in [0.4, 0.5) is 0 Å². The van der Waals surface area contributed by atoms with Gasteiger partial charge in [0, 0.05) is 56.0 Å². The molecule has 1 N–H and O–H groups in total. The van der Waals surface area contributed by atoms with Crippen LogP contribution >= 0.6 is 0 Å². The SMILES string of the molecule is C1=Cc2c(n(-c3ccccc3)c3c4c(n(-c5ccccc5)c23)CCc2[nH]c3ccccc3c2-4)CC1. The molecule has 0 spiro atoms. The van der Waals surface area contributed by atoms with Gasteiger partial charge in [0.1, 0.15) is 0 Å². The first kappa shape index (κ1) is 19.1. The van der Waals surface area contributed by atoms with Crippen molar-refractivity contribution >= 4 is 28.0 Å². The maximum Gasteiger partial charge on any atom is 0.0804 e. The number of rotatable bonds is 2. The van der Waals surface area contributed by atoms with Crippen LogP contribution in [0.5, 0.6) is 0 Å². The van der Waals surface area contributed by atoms with E-state index >= 15 is 0 Å². The number of fused-ring (bicyclic) bond motifs is 9. The van der Waals surface area contributed by atoms with Crippen LogP contribution < -0.4 is 0 Å². The van der Waals surface area contributed by atoms with Gasteiger partial charge < -0.3 is 14.1 Å². The molecule has 2 aliphatic rings. The lowest BCUT2D eigenvalue weighted by Crippen LogP contribution is -2.10. The molecule has 0 atom stereocenters.